The van der Waals surface area contributed by atoms with E-state index in [-0.39, 0.29) is 6.04 Å². The first-order chi connectivity index (χ1) is 8.54. The molecule has 0 spiro atoms. The van der Waals surface area contributed by atoms with E-state index in [9.17, 15) is 0 Å². The zero-order valence-electron chi connectivity index (χ0n) is 10.4. The highest BCUT2D eigenvalue weighted by atomic mass is 79.9. The Bertz CT molecular complexity index is 537. The first-order valence-electron chi connectivity index (χ1n) is 5.78. The highest BCUT2D eigenvalue weighted by molar-refractivity contribution is 9.10. The molecule has 1 unspecified atom stereocenters. The van der Waals surface area contributed by atoms with Crippen molar-refractivity contribution >= 4 is 38.1 Å². The maximum Gasteiger partial charge on any atom is 0.187 e. The van der Waals surface area contributed by atoms with E-state index in [0.717, 1.165) is 27.4 Å². The van der Waals surface area contributed by atoms with Gasteiger partial charge in [0, 0.05) is 22.3 Å². The monoisotopic (exact) mass is 325 g/mol. The van der Waals surface area contributed by atoms with Crippen molar-refractivity contribution < 1.29 is 0 Å². The number of hydrogen-bond donors (Lipinski definition) is 2. The van der Waals surface area contributed by atoms with Gasteiger partial charge in [0.1, 0.15) is 0 Å². The molecule has 2 aromatic rings. The predicted octanol–water partition coefficient (Wildman–Crippen LogP) is 3.85. The number of nitrogens with zero attached hydrogens (tertiary/aromatic N) is 1. The van der Waals surface area contributed by atoms with E-state index < -0.39 is 0 Å². The van der Waals surface area contributed by atoms with E-state index in [2.05, 4.69) is 45.3 Å². The van der Waals surface area contributed by atoms with Gasteiger partial charge in [0.25, 0.3) is 0 Å². The Hall–Kier alpha value is -0.910. The molecule has 0 bridgehead atoms. The highest BCUT2D eigenvalue weighted by Gasteiger charge is 2.06. The molecule has 3 N–H and O–H groups in total. The van der Waals surface area contributed by atoms with Gasteiger partial charge in [-0.2, -0.15) is 0 Å². The molecule has 0 saturated carbocycles. The normalized spacial score (nSPS) is 12.4. The largest absolute Gasteiger partial charge is 0.331 e. The number of anilines is 2. The molecule has 1 heterocycles. The SMILES string of the molecule is Cc1ccc(Nc2nc(CC(C)N)cs2)c(Br)c1. The van der Waals surface area contributed by atoms with Crippen LogP contribution in [-0.2, 0) is 6.42 Å². The fraction of sp³-hybridized carbons (Fsp3) is 0.308. The molecule has 0 radical (unpaired) electrons. The van der Waals surface area contributed by atoms with Crippen molar-refractivity contribution in [3.63, 3.8) is 0 Å². The van der Waals surface area contributed by atoms with Crippen molar-refractivity contribution in [2.75, 3.05) is 5.32 Å². The average Bonchev–Trinajstić information content (AvgIpc) is 2.69. The van der Waals surface area contributed by atoms with Crippen molar-refractivity contribution in [1.82, 2.24) is 4.98 Å². The number of nitrogens with one attached hydrogen (secondary N) is 1. The molecule has 0 saturated heterocycles. The smallest absolute Gasteiger partial charge is 0.187 e. The third kappa shape index (κ3) is 3.54. The third-order valence-electron chi connectivity index (χ3n) is 2.45. The minimum atomic E-state index is 0.145. The fourth-order valence-corrected chi connectivity index (χ4v) is 2.95. The summed E-state index contributed by atoms with van der Waals surface area (Å²) in [6, 6.07) is 6.35. The number of benzene rings is 1. The summed E-state index contributed by atoms with van der Waals surface area (Å²) in [6.07, 6.45) is 0.813. The van der Waals surface area contributed by atoms with Crippen LogP contribution < -0.4 is 11.1 Å². The standard InChI is InChI=1S/C13H16BrN3S/c1-8-3-4-12(11(14)5-8)17-13-16-10(7-18-13)6-9(2)15/h3-5,7,9H,6,15H2,1-2H3,(H,16,17). The molecule has 96 valence electrons. The van der Waals surface area contributed by atoms with Gasteiger partial charge in [-0.15, -0.1) is 11.3 Å². The molecule has 3 nitrogen and oxygen atoms in total. The van der Waals surface area contributed by atoms with Gasteiger partial charge in [0.15, 0.2) is 5.13 Å². The predicted molar refractivity (Wildman–Crippen MR) is 81.6 cm³/mol. The summed E-state index contributed by atoms with van der Waals surface area (Å²) in [7, 11) is 0. The second kappa shape index (κ2) is 5.82. The van der Waals surface area contributed by atoms with Gasteiger partial charge in [0.05, 0.1) is 11.4 Å². The molecule has 0 aliphatic rings. The maximum absolute atomic E-state index is 5.76. The average molecular weight is 326 g/mol. The fourth-order valence-electron chi connectivity index (χ4n) is 1.62. The quantitative estimate of drug-likeness (QED) is 0.897. The van der Waals surface area contributed by atoms with E-state index in [4.69, 9.17) is 5.73 Å². The lowest BCUT2D eigenvalue weighted by Gasteiger charge is -2.06. The molecule has 1 atom stereocenters. The number of aryl methyl sites for hydroxylation is 1. The molecule has 2 rings (SSSR count). The van der Waals surface area contributed by atoms with Crippen molar-refractivity contribution in [3.8, 4) is 0 Å². The minimum Gasteiger partial charge on any atom is -0.331 e. The minimum absolute atomic E-state index is 0.145. The lowest BCUT2D eigenvalue weighted by atomic mass is 10.2. The Morgan fingerprint density at radius 2 is 2.28 bits per heavy atom. The van der Waals surface area contributed by atoms with Gasteiger partial charge in [-0.05, 0) is 47.5 Å². The Balaban J connectivity index is 2.11. The van der Waals surface area contributed by atoms with Crippen LogP contribution in [0.3, 0.4) is 0 Å². The number of nitrogens with two attached hydrogens (primary N) is 1. The second-order valence-electron chi connectivity index (χ2n) is 4.43. The summed E-state index contributed by atoms with van der Waals surface area (Å²) in [5.41, 5.74) is 9.06. The summed E-state index contributed by atoms with van der Waals surface area (Å²) < 4.78 is 1.05. The first-order valence-corrected chi connectivity index (χ1v) is 7.45. The van der Waals surface area contributed by atoms with Crippen molar-refractivity contribution in [2.45, 2.75) is 26.3 Å². The lowest BCUT2D eigenvalue weighted by Crippen LogP contribution is -2.17. The number of thiazole rings is 1. The summed E-state index contributed by atoms with van der Waals surface area (Å²) in [4.78, 5) is 4.52. The highest BCUT2D eigenvalue weighted by Crippen LogP contribution is 2.28. The summed E-state index contributed by atoms with van der Waals surface area (Å²) >= 11 is 5.15. The number of aromatic nitrogens is 1. The lowest BCUT2D eigenvalue weighted by molar-refractivity contribution is 0.726. The molecular weight excluding hydrogens is 310 g/mol. The van der Waals surface area contributed by atoms with Crippen LogP contribution in [0.5, 0.6) is 0 Å². The summed E-state index contributed by atoms with van der Waals surface area (Å²) in [5, 5.41) is 6.26. The molecule has 1 aromatic carbocycles. The van der Waals surface area contributed by atoms with Crippen molar-refractivity contribution in [3.05, 3.63) is 39.3 Å². The van der Waals surface area contributed by atoms with Gasteiger partial charge in [-0.1, -0.05) is 6.07 Å². The van der Waals surface area contributed by atoms with Crippen LogP contribution in [0.1, 0.15) is 18.2 Å². The van der Waals surface area contributed by atoms with E-state index in [1.807, 2.05) is 18.4 Å². The van der Waals surface area contributed by atoms with E-state index in [0.29, 0.717) is 0 Å². The Morgan fingerprint density at radius 1 is 1.50 bits per heavy atom. The Morgan fingerprint density at radius 3 is 2.94 bits per heavy atom. The van der Waals surface area contributed by atoms with E-state index in [1.54, 1.807) is 11.3 Å². The maximum atomic E-state index is 5.76. The number of rotatable bonds is 4. The van der Waals surface area contributed by atoms with Crippen molar-refractivity contribution in [1.29, 1.82) is 0 Å². The van der Waals surface area contributed by atoms with Gasteiger partial charge >= 0.3 is 0 Å². The molecular formula is C13H16BrN3S. The van der Waals surface area contributed by atoms with Gasteiger partial charge < -0.3 is 11.1 Å². The first kappa shape index (κ1) is 13.5. The van der Waals surface area contributed by atoms with Gasteiger partial charge in [-0.3, -0.25) is 0 Å². The van der Waals surface area contributed by atoms with Crippen LogP contribution in [-0.4, -0.2) is 11.0 Å². The Kier molecular flexibility index (Phi) is 4.37. The van der Waals surface area contributed by atoms with Crippen LogP contribution in [0.25, 0.3) is 0 Å². The molecule has 18 heavy (non-hydrogen) atoms. The van der Waals surface area contributed by atoms with Gasteiger partial charge in [-0.25, -0.2) is 4.98 Å². The zero-order chi connectivity index (χ0) is 13.1. The number of hydrogen-bond acceptors (Lipinski definition) is 4. The van der Waals surface area contributed by atoms with Crippen LogP contribution in [0.4, 0.5) is 10.8 Å². The van der Waals surface area contributed by atoms with Crippen LogP contribution in [0, 0.1) is 6.92 Å². The zero-order valence-corrected chi connectivity index (χ0v) is 12.8. The molecule has 0 fully saturated rings. The van der Waals surface area contributed by atoms with E-state index >= 15 is 0 Å². The number of halogens is 1. The molecule has 0 aliphatic carbocycles. The van der Waals surface area contributed by atoms with Gasteiger partial charge in [0.2, 0.25) is 0 Å². The van der Waals surface area contributed by atoms with Crippen molar-refractivity contribution in [2.24, 2.45) is 5.73 Å². The second-order valence-corrected chi connectivity index (χ2v) is 6.15. The summed E-state index contributed by atoms with van der Waals surface area (Å²) in [6.45, 7) is 4.06. The molecule has 0 amide bonds. The molecule has 1 aromatic heterocycles. The molecule has 5 heteroatoms. The van der Waals surface area contributed by atoms with Crippen LogP contribution in [0.2, 0.25) is 0 Å². The topological polar surface area (TPSA) is 50.9 Å². The van der Waals surface area contributed by atoms with E-state index in [1.165, 1.54) is 5.56 Å². The molecule has 0 aliphatic heterocycles. The van der Waals surface area contributed by atoms with Crippen LogP contribution >= 0.6 is 27.3 Å². The Labute approximate surface area is 120 Å². The third-order valence-corrected chi connectivity index (χ3v) is 3.91. The summed E-state index contributed by atoms with van der Waals surface area (Å²) in [5.74, 6) is 0. The van der Waals surface area contributed by atoms with Crippen LogP contribution in [0.15, 0.2) is 28.1 Å².